The third kappa shape index (κ3) is 4.81. The Morgan fingerprint density at radius 1 is 1.28 bits per heavy atom. The maximum Gasteiger partial charge on any atom is 0.336 e. The topological polar surface area (TPSA) is 86.7 Å². The molecule has 0 spiro atoms. The number of aromatic carboxylic acids is 1. The molecule has 25 heavy (non-hydrogen) atoms. The third-order valence-electron chi connectivity index (χ3n) is 4.29. The summed E-state index contributed by atoms with van der Waals surface area (Å²) >= 11 is 0. The SMILES string of the molecule is Cc1ccc(NC(=O)[C@@H]2CCCN2C(=O)CC(C)(C)C)cc1C(=O)O. The number of nitrogens with one attached hydrogen (secondary N) is 1. The highest BCUT2D eigenvalue weighted by atomic mass is 16.4. The number of hydrogen-bond acceptors (Lipinski definition) is 3. The van der Waals surface area contributed by atoms with Gasteiger partial charge in [-0.3, -0.25) is 9.59 Å². The normalized spacial score (nSPS) is 17.4. The predicted octanol–water partition coefficient (Wildman–Crippen LogP) is 3.06. The van der Waals surface area contributed by atoms with Gasteiger partial charge in [0.1, 0.15) is 6.04 Å². The lowest BCUT2D eigenvalue weighted by Crippen LogP contribution is -2.44. The molecular formula is C19H26N2O4. The van der Waals surface area contributed by atoms with Crippen LogP contribution in [0.5, 0.6) is 0 Å². The van der Waals surface area contributed by atoms with Crippen LogP contribution < -0.4 is 5.32 Å². The molecule has 0 saturated carbocycles. The van der Waals surface area contributed by atoms with Crippen molar-refractivity contribution in [2.45, 2.75) is 53.0 Å². The van der Waals surface area contributed by atoms with Crippen molar-refractivity contribution >= 4 is 23.5 Å². The van der Waals surface area contributed by atoms with Crippen molar-refractivity contribution in [3.63, 3.8) is 0 Å². The lowest BCUT2D eigenvalue weighted by molar-refractivity contribution is -0.138. The summed E-state index contributed by atoms with van der Waals surface area (Å²) in [6.45, 7) is 8.28. The van der Waals surface area contributed by atoms with Crippen molar-refractivity contribution in [1.82, 2.24) is 4.90 Å². The summed E-state index contributed by atoms with van der Waals surface area (Å²) in [4.78, 5) is 38.0. The fraction of sp³-hybridized carbons (Fsp3) is 0.526. The highest BCUT2D eigenvalue weighted by Crippen LogP contribution is 2.26. The van der Waals surface area contributed by atoms with Gasteiger partial charge in [-0.15, -0.1) is 0 Å². The van der Waals surface area contributed by atoms with Crippen molar-refractivity contribution in [3.05, 3.63) is 29.3 Å². The van der Waals surface area contributed by atoms with Gasteiger partial charge >= 0.3 is 5.97 Å². The molecule has 2 amide bonds. The van der Waals surface area contributed by atoms with E-state index in [1.165, 1.54) is 6.07 Å². The zero-order chi connectivity index (χ0) is 18.8. The van der Waals surface area contributed by atoms with Crippen LogP contribution in [0.25, 0.3) is 0 Å². The zero-order valence-electron chi connectivity index (χ0n) is 15.3. The minimum atomic E-state index is -1.03. The maximum absolute atomic E-state index is 12.6. The van der Waals surface area contributed by atoms with E-state index in [-0.39, 0.29) is 22.8 Å². The number of aryl methyl sites for hydroxylation is 1. The van der Waals surface area contributed by atoms with Gasteiger partial charge in [0.05, 0.1) is 5.56 Å². The molecule has 1 aromatic carbocycles. The molecule has 0 unspecified atom stereocenters. The number of carboxylic acid groups (broad SMARTS) is 1. The predicted molar refractivity (Wildman–Crippen MR) is 95.6 cm³/mol. The lowest BCUT2D eigenvalue weighted by Gasteiger charge is -2.27. The second kappa shape index (κ2) is 7.25. The molecule has 6 nitrogen and oxygen atoms in total. The number of carbonyl (C=O) groups is 3. The number of anilines is 1. The van der Waals surface area contributed by atoms with Crippen LogP contribution in [0.3, 0.4) is 0 Å². The number of rotatable bonds is 4. The standard InChI is InChI=1S/C19H26N2O4/c1-12-7-8-13(10-14(12)18(24)25)20-17(23)15-6-5-9-21(15)16(22)11-19(2,3)4/h7-8,10,15H,5-6,9,11H2,1-4H3,(H,20,23)(H,24,25)/t15-/m0/s1. The molecule has 6 heteroatoms. The Hall–Kier alpha value is -2.37. The van der Waals surface area contributed by atoms with Gasteiger partial charge in [0, 0.05) is 18.7 Å². The van der Waals surface area contributed by atoms with Gasteiger partial charge in [0.15, 0.2) is 0 Å². The summed E-state index contributed by atoms with van der Waals surface area (Å²) in [5, 5.41) is 12.0. The average Bonchev–Trinajstić information content (AvgIpc) is 2.97. The minimum absolute atomic E-state index is 0.0136. The van der Waals surface area contributed by atoms with Gasteiger partial charge in [-0.2, -0.15) is 0 Å². The summed E-state index contributed by atoms with van der Waals surface area (Å²) < 4.78 is 0. The number of amides is 2. The monoisotopic (exact) mass is 346 g/mol. The number of carbonyl (C=O) groups excluding carboxylic acids is 2. The minimum Gasteiger partial charge on any atom is -0.478 e. The van der Waals surface area contributed by atoms with Gasteiger partial charge in [0.25, 0.3) is 0 Å². The Bertz CT molecular complexity index is 691. The Balaban J connectivity index is 2.11. The Morgan fingerprint density at radius 2 is 1.96 bits per heavy atom. The molecule has 0 aliphatic carbocycles. The summed E-state index contributed by atoms with van der Waals surface area (Å²) in [5.74, 6) is -1.31. The molecule has 1 aromatic rings. The van der Waals surface area contributed by atoms with Crippen molar-refractivity contribution in [3.8, 4) is 0 Å². The van der Waals surface area contributed by atoms with Crippen LogP contribution in [0.1, 0.15) is 56.0 Å². The summed E-state index contributed by atoms with van der Waals surface area (Å²) in [6, 6.07) is 4.29. The molecule has 1 heterocycles. The number of benzene rings is 1. The molecular weight excluding hydrogens is 320 g/mol. The molecule has 1 atom stereocenters. The fourth-order valence-electron chi connectivity index (χ4n) is 3.05. The first-order valence-electron chi connectivity index (χ1n) is 8.53. The van der Waals surface area contributed by atoms with E-state index in [1.54, 1.807) is 24.0 Å². The molecule has 1 saturated heterocycles. The van der Waals surface area contributed by atoms with Crippen molar-refractivity contribution < 1.29 is 19.5 Å². The van der Waals surface area contributed by atoms with Crippen LogP contribution in [0.15, 0.2) is 18.2 Å². The van der Waals surface area contributed by atoms with Gasteiger partial charge in [-0.05, 0) is 42.9 Å². The lowest BCUT2D eigenvalue weighted by atomic mass is 9.91. The van der Waals surface area contributed by atoms with E-state index in [9.17, 15) is 19.5 Å². The van der Waals surface area contributed by atoms with E-state index in [0.29, 0.717) is 30.6 Å². The number of nitrogens with zero attached hydrogens (tertiary/aromatic N) is 1. The second-order valence-electron chi connectivity index (χ2n) is 7.81. The van der Waals surface area contributed by atoms with Crippen molar-refractivity contribution in [2.75, 3.05) is 11.9 Å². The molecule has 136 valence electrons. The second-order valence-corrected chi connectivity index (χ2v) is 7.81. The zero-order valence-corrected chi connectivity index (χ0v) is 15.3. The Labute approximate surface area is 148 Å². The van der Waals surface area contributed by atoms with Crippen molar-refractivity contribution in [1.29, 1.82) is 0 Å². The van der Waals surface area contributed by atoms with Crippen LogP contribution in [-0.4, -0.2) is 40.4 Å². The van der Waals surface area contributed by atoms with Crippen LogP contribution in [0, 0.1) is 12.3 Å². The maximum atomic E-state index is 12.6. The smallest absolute Gasteiger partial charge is 0.336 e. The largest absolute Gasteiger partial charge is 0.478 e. The molecule has 1 aliphatic heterocycles. The van der Waals surface area contributed by atoms with Gasteiger partial charge in [-0.25, -0.2) is 4.79 Å². The van der Waals surface area contributed by atoms with Gasteiger partial charge < -0.3 is 15.3 Å². The summed E-state index contributed by atoms with van der Waals surface area (Å²) in [6.07, 6.45) is 1.81. The highest BCUT2D eigenvalue weighted by molar-refractivity contribution is 5.99. The van der Waals surface area contributed by atoms with E-state index in [4.69, 9.17) is 0 Å². The third-order valence-corrected chi connectivity index (χ3v) is 4.29. The van der Waals surface area contributed by atoms with Crippen LogP contribution in [-0.2, 0) is 9.59 Å². The number of hydrogen-bond donors (Lipinski definition) is 2. The van der Waals surface area contributed by atoms with Gasteiger partial charge in [-0.1, -0.05) is 26.8 Å². The summed E-state index contributed by atoms with van der Waals surface area (Å²) in [5.41, 5.74) is 1.09. The molecule has 1 fully saturated rings. The Morgan fingerprint density at radius 3 is 2.56 bits per heavy atom. The van der Waals surface area contributed by atoms with Crippen LogP contribution in [0.4, 0.5) is 5.69 Å². The molecule has 0 aromatic heterocycles. The van der Waals surface area contributed by atoms with E-state index < -0.39 is 12.0 Å². The van der Waals surface area contributed by atoms with E-state index >= 15 is 0 Å². The molecule has 0 radical (unpaired) electrons. The highest BCUT2D eigenvalue weighted by Gasteiger charge is 2.35. The summed E-state index contributed by atoms with van der Waals surface area (Å²) in [7, 11) is 0. The first kappa shape index (κ1) is 19.0. The number of carboxylic acids is 1. The van der Waals surface area contributed by atoms with E-state index in [2.05, 4.69) is 5.32 Å². The fourth-order valence-corrected chi connectivity index (χ4v) is 3.05. The first-order valence-corrected chi connectivity index (χ1v) is 8.53. The molecule has 0 bridgehead atoms. The van der Waals surface area contributed by atoms with Crippen molar-refractivity contribution in [2.24, 2.45) is 5.41 Å². The number of likely N-dealkylation sites (tertiary alicyclic amines) is 1. The average molecular weight is 346 g/mol. The van der Waals surface area contributed by atoms with Crippen LogP contribution in [0.2, 0.25) is 0 Å². The molecule has 2 N–H and O–H groups in total. The van der Waals surface area contributed by atoms with Crippen LogP contribution >= 0.6 is 0 Å². The van der Waals surface area contributed by atoms with E-state index in [0.717, 1.165) is 6.42 Å². The molecule has 1 aliphatic rings. The van der Waals surface area contributed by atoms with E-state index in [1.807, 2.05) is 20.8 Å². The first-order chi connectivity index (χ1) is 11.6. The Kier molecular flexibility index (Phi) is 5.50. The quantitative estimate of drug-likeness (QED) is 0.877. The molecule has 2 rings (SSSR count). The van der Waals surface area contributed by atoms with Gasteiger partial charge in [0.2, 0.25) is 11.8 Å².